The molecule has 0 saturated carbocycles. The van der Waals surface area contributed by atoms with Crippen LogP contribution in [0.5, 0.6) is 0 Å². The number of benzene rings is 1. The normalized spacial score (nSPS) is 22.3. The fraction of sp³-hybridized carbons (Fsp3) is 0.375. The minimum Gasteiger partial charge on any atom is -0.323 e. The summed E-state index contributed by atoms with van der Waals surface area (Å²) in [6.07, 6.45) is 3.71. The molecule has 1 aliphatic heterocycles. The summed E-state index contributed by atoms with van der Waals surface area (Å²) in [6, 6.07) is 6.06. The van der Waals surface area contributed by atoms with Crippen LogP contribution in [0.4, 0.5) is 0 Å². The summed E-state index contributed by atoms with van der Waals surface area (Å²) in [7, 11) is 0. The Hall–Kier alpha value is -1.90. The first kappa shape index (κ1) is 13.5. The van der Waals surface area contributed by atoms with Crippen molar-refractivity contribution in [1.82, 2.24) is 4.90 Å². The van der Waals surface area contributed by atoms with Gasteiger partial charge in [0, 0.05) is 6.54 Å². The van der Waals surface area contributed by atoms with E-state index >= 15 is 0 Å². The third-order valence-electron chi connectivity index (χ3n) is 3.78. The third kappa shape index (κ3) is 2.21. The molecular weight excluding hydrogens is 238 g/mol. The van der Waals surface area contributed by atoms with Gasteiger partial charge in [0.2, 0.25) is 5.91 Å². The first-order valence-electron chi connectivity index (χ1n) is 6.52. The van der Waals surface area contributed by atoms with Crippen LogP contribution < -0.4 is 0 Å². The lowest BCUT2D eigenvalue weighted by atomic mass is 9.86. The Bertz CT molecular complexity index is 515. The van der Waals surface area contributed by atoms with Crippen LogP contribution in [0.2, 0.25) is 0 Å². The summed E-state index contributed by atoms with van der Waals surface area (Å²) in [5.74, 6) is -0.177. The van der Waals surface area contributed by atoms with E-state index in [-0.39, 0.29) is 5.91 Å². The molecule has 0 aromatic heterocycles. The van der Waals surface area contributed by atoms with Crippen molar-refractivity contribution in [1.29, 1.82) is 0 Å². The maximum atomic E-state index is 12.0. The molecule has 0 spiro atoms. The molecule has 1 atom stereocenters. The molecule has 19 heavy (non-hydrogen) atoms. The number of aryl methyl sites for hydroxylation is 2. The van der Waals surface area contributed by atoms with E-state index in [9.17, 15) is 9.59 Å². The summed E-state index contributed by atoms with van der Waals surface area (Å²) in [5.41, 5.74) is 2.30. The Morgan fingerprint density at radius 1 is 1.32 bits per heavy atom. The SMILES string of the molecule is C=CC(=O)N1CCC[C@]1(C=O)c1cc(C)cc(C)c1. The third-order valence-corrected chi connectivity index (χ3v) is 3.78. The fourth-order valence-electron chi connectivity index (χ4n) is 2.97. The zero-order valence-electron chi connectivity index (χ0n) is 11.5. The van der Waals surface area contributed by atoms with Gasteiger partial charge >= 0.3 is 0 Å². The van der Waals surface area contributed by atoms with Crippen LogP contribution in [0.1, 0.15) is 29.5 Å². The number of carbonyl (C=O) groups is 2. The number of carbonyl (C=O) groups excluding carboxylic acids is 2. The van der Waals surface area contributed by atoms with Gasteiger partial charge in [-0.2, -0.15) is 0 Å². The van der Waals surface area contributed by atoms with Gasteiger partial charge < -0.3 is 9.69 Å². The minimum atomic E-state index is -0.817. The van der Waals surface area contributed by atoms with E-state index in [0.717, 1.165) is 29.4 Å². The van der Waals surface area contributed by atoms with Gasteiger partial charge in [0.1, 0.15) is 11.8 Å². The van der Waals surface area contributed by atoms with Gasteiger partial charge in [0.25, 0.3) is 0 Å². The maximum Gasteiger partial charge on any atom is 0.247 e. The molecule has 0 bridgehead atoms. The molecule has 100 valence electrons. The van der Waals surface area contributed by atoms with Crippen LogP contribution in [0, 0.1) is 13.8 Å². The topological polar surface area (TPSA) is 37.4 Å². The van der Waals surface area contributed by atoms with Crippen LogP contribution in [0.15, 0.2) is 30.9 Å². The second-order valence-electron chi connectivity index (χ2n) is 5.22. The summed E-state index contributed by atoms with van der Waals surface area (Å²) in [4.78, 5) is 25.4. The molecule has 1 heterocycles. The Labute approximate surface area is 113 Å². The van der Waals surface area contributed by atoms with Crippen molar-refractivity contribution in [3.8, 4) is 0 Å². The molecule has 1 aromatic carbocycles. The van der Waals surface area contributed by atoms with Gasteiger partial charge in [0.15, 0.2) is 0 Å². The van der Waals surface area contributed by atoms with E-state index in [1.54, 1.807) is 4.90 Å². The number of likely N-dealkylation sites (tertiary alicyclic amines) is 1. The highest BCUT2D eigenvalue weighted by molar-refractivity contribution is 5.91. The molecule has 1 fully saturated rings. The highest BCUT2D eigenvalue weighted by Crippen LogP contribution is 2.38. The van der Waals surface area contributed by atoms with Crippen LogP contribution in [-0.2, 0) is 15.1 Å². The van der Waals surface area contributed by atoms with Crippen LogP contribution >= 0.6 is 0 Å². The number of rotatable bonds is 3. The van der Waals surface area contributed by atoms with Crippen LogP contribution in [0.3, 0.4) is 0 Å². The lowest BCUT2D eigenvalue weighted by Gasteiger charge is -2.34. The standard InChI is InChI=1S/C16H19NO2/c1-4-15(19)17-7-5-6-16(17,11-18)14-9-12(2)8-13(3)10-14/h4,8-11H,1,5-7H2,2-3H3/t16-/m0/s1. The maximum absolute atomic E-state index is 12.0. The Balaban J connectivity index is 2.55. The first-order valence-corrected chi connectivity index (χ1v) is 6.52. The second-order valence-corrected chi connectivity index (χ2v) is 5.22. The summed E-state index contributed by atoms with van der Waals surface area (Å²) in [5, 5.41) is 0. The number of aldehydes is 1. The summed E-state index contributed by atoms with van der Waals surface area (Å²) in [6.45, 7) is 8.14. The monoisotopic (exact) mass is 257 g/mol. The summed E-state index contributed by atoms with van der Waals surface area (Å²) >= 11 is 0. The van der Waals surface area contributed by atoms with E-state index in [2.05, 4.69) is 12.6 Å². The van der Waals surface area contributed by atoms with E-state index < -0.39 is 5.54 Å². The van der Waals surface area contributed by atoms with E-state index in [0.29, 0.717) is 13.0 Å². The molecule has 1 amide bonds. The van der Waals surface area contributed by atoms with Gasteiger partial charge in [-0.1, -0.05) is 35.9 Å². The quantitative estimate of drug-likeness (QED) is 0.616. The van der Waals surface area contributed by atoms with Crippen LogP contribution in [-0.4, -0.2) is 23.6 Å². The average molecular weight is 257 g/mol. The van der Waals surface area contributed by atoms with Crippen molar-refractivity contribution < 1.29 is 9.59 Å². The second kappa shape index (κ2) is 5.00. The van der Waals surface area contributed by atoms with Gasteiger partial charge in [-0.25, -0.2) is 0 Å². The molecule has 1 saturated heterocycles. The van der Waals surface area contributed by atoms with Gasteiger partial charge in [-0.3, -0.25) is 4.79 Å². The largest absolute Gasteiger partial charge is 0.323 e. The van der Waals surface area contributed by atoms with E-state index in [1.807, 2.05) is 26.0 Å². The van der Waals surface area contributed by atoms with Crippen LogP contribution in [0.25, 0.3) is 0 Å². The fourth-order valence-corrected chi connectivity index (χ4v) is 2.97. The lowest BCUT2D eigenvalue weighted by Crippen LogP contribution is -2.45. The first-order chi connectivity index (χ1) is 9.03. The number of hydrogen-bond acceptors (Lipinski definition) is 2. The van der Waals surface area contributed by atoms with E-state index in [4.69, 9.17) is 0 Å². The van der Waals surface area contributed by atoms with Crippen molar-refractivity contribution in [3.63, 3.8) is 0 Å². The molecule has 3 heteroatoms. The highest BCUT2D eigenvalue weighted by Gasteiger charge is 2.44. The van der Waals surface area contributed by atoms with E-state index in [1.165, 1.54) is 6.08 Å². The zero-order valence-corrected chi connectivity index (χ0v) is 11.5. The van der Waals surface area contributed by atoms with Crippen molar-refractivity contribution in [3.05, 3.63) is 47.5 Å². The number of nitrogens with zero attached hydrogens (tertiary/aromatic N) is 1. The molecule has 0 unspecified atom stereocenters. The predicted molar refractivity (Wildman–Crippen MR) is 74.8 cm³/mol. The molecule has 1 aliphatic rings. The number of hydrogen-bond donors (Lipinski definition) is 0. The minimum absolute atomic E-state index is 0.177. The smallest absolute Gasteiger partial charge is 0.247 e. The van der Waals surface area contributed by atoms with Crippen molar-refractivity contribution in [2.24, 2.45) is 0 Å². The Morgan fingerprint density at radius 2 is 1.95 bits per heavy atom. The molecule has 0 N–H and O–H groups in total. The Morgan fingerprint density at radius 3 is 2.47 bits per heavy atom. The molecular formula is C16H19NO2. The molecule has 1 aromatic rings. The zero-order chi connectivity index (χ0) is 14.0. The molecule has 3 nitrogen and oxygen atoms in total. The highest BCUT2D eigenvalue weighted by atomic mass is 16.2. The van der Waals surface area contributed by atoms with Crippen molar-refractivity contribution in [2.75, 3.05) is 6.54 Å². The van der Waals surface area contributed by atoms with Gasteiger partial charge in [0.05, 0.1) is 0 Å². The summed E-state index contributed by atoms with van der Waals surface area (Å²) < 4.78 is 0. The average Bonchev–Trinajstić information content (AvgIpc) is 2.81. The molecule has 0 radical (unpaired) electrons. The number of amides is 1. The van der Waals surface area contributed by atoms with Gasteiger partial charge in [-0.05, 0) is 38.3 Å². The molecule has 0 aliphatic carbocycles. The predicted octanol–water partition coefficient (Wildman–Crippen LogP) is 2.51. The Kier molecular flexibility index (Phi) is 3.56. The van der Waals surface area contributed by atoms with Gasteiger partial charge in [-0.15, -0.1) is 0 Å². The van der Waals surface area contributed by atoms with Crippen molar-refractivity contribution in [2.45, 2.75) is 32.2 Å². The lowest BCUT2D eigenvalue weighted by molar-refractivity contribution is -0.135. The van der Waals surface area contributed by atoms with Crippen molar-refractivity contribution >= 4 is 12.2 Å². The molecule has 2 rings (SSSR count).